The summed E-state index contributed by atoms with van der Waals surface area (Å²) in [5.74, 6) is -2.31. The summed E-state index contributed by atoms with van der Waals surface area (Å²) in [5, 5.41) is 6.03. The van der Waals surface area contributed by atoms with Crippen molar-refractivity contribution in [2.24, 2.45) is 0 Å². The summed E-state index contributed by atoms with van der Waals surface area (Å²) >= 11 is 5.90. The molecule has 132 valence electrons. The Labute approximate surface area is 153 Å². The van der Waals surface area contributed by atoms with Gasteiger partial charge in [-0.3, -0.25) is 4.79 Å². The van der Waals surface area contributed by atoms with Gasteiger partial charge in [-0.05, 0) is 48.9 Å². The van der Waals surface area contributed by atoms with E-state index in [9.17, 15) is 13.6 Å². The van der Waals surface area contributed by atoms with Crippen molar-refractivity contribution in [3.8, 4) is 0 Å². The van der Waals surface area contributed by atoms with Crippen molar-refractivity contribution in [1.29, 1.82) is 0 Å². The molecule has 3 rings (SSSR count). The molecule has 0 saturated carbocycles. The summed E-state index contributed by atoms with van der Waals surface area (Å²) in [6.45, 7) is 1.82. The largest absolute Gasteiger partial charge is 0.324 e. The van der Waals surface area contributed by atoms with Gasteiger partial charge in [0, 0.05) is 28.7 Å². The molecule has 0 radical (unpaired) electrons. The average molecular weight is 375 g/mol. The zero-order valence-electron chi connectivity index (χ0n) is 13.6. The van der Waals surface area contributed by atoms with Crippen molar-refractivity contribution in [2.75, 3.05) is 10.6 Å². The predicted octanol–water partition coefficient (Wildman–Crippen LogP) is 4.71. The maximum atomic E-state index is 13.3. The molecule has 2 N–H and O–H groups in total. The Balaban J connectivity index is 1.77. The minimum atomic E-state index is -0.998. The molecule has 1 amide bonds. The van der Waals surface area contributed by atoms with E-state index in [1.807, 2.05) is 6.92 Å². The van der Waals surface area contributed by atoms with Crippen molar-refractivity contribution in [3.05, 3.63) is 76.6 Å². The molecule has 8 heteroatoms. The van der Waals surface area contributed by atoms with Crippen LogP contribution in [0, 0.1) is 18.6 Å². The van der Waals surface area contributed by atoms with Crippen LogP contribution in [0.4, 0.5) is 26.1 Å². The van der Waals surface area contributed by atoms with Crippen LogP contribution in [0.2, 0.25) is 5.02 Å². The third kappa shape index (κ3) is 4.12. The van der Waals surface area contributed by atoms with Crippen LogP contribution in [0.1, 0.15) is 16.1 Å². The van der Waals surface area contributed by atoms with Crippen molar-refractivity contribution >= 4 is 34.8 Å². The lowest BCUT2D eigenvalue weighted by Gasteiger charge is -2.09. The summed E-state index contributed by atoms with van der Waals surface area (Å²) in [6.07, 6.45) is 1.39. The van der Waals surface area contributed by atoms with E-state index in [0.29, 0.717) is 10.7 Å². The van der Waals surface area contributed by atoms with Gasteiger partial charge in [0.1, 0.15) is 5.69 Å². The van der Waals surface area contributed by atoms with E-state index in [1.165, 1.54) is 18.3 Å². The molecule has 0 aliphatic heterocycles. The highest BCUT2D eigenvalue weighted by Crippen LogP contribution is 2.20. The first-order valence-corrected chi connectivity index (χ1v) is 7.93. The van der Waals surface area contributed by atoms with Gasteiger partial charge < -0.3 is 10.6 Å². The molecule has 0 aliphatic rings. The van der Waals surface area contributed by atoms with Crippen molar-refractivity contribution < 1.29 is 13.6 Å². The van der Waals surface area contributed by atoms with Gasteiger partial charge in [0.05, 0.1) is 0 Å². The third-order valence-electron chi connectivity index (χ3n) is 3.50. The number of nitrogens with one attached hydrogen (secondary N) is 2. The Morgan fingerprint density at radius 2 is 1.88 bits per heavy atom. The number of carbonyl (C=O) groups is 1. The minimum absolute atomic E-state index is 0.0801. The zero-order valence-corrected chi connectivity index (χ0v) is 14.3. The first-order chi connectivity index (χ1) is 12.4. The van der Waals surface area contributed by atoms with E-state index in [2.05, 4.69) is 20.6 Å². The molecule has 0 spiro atoms. The topological polar surface area (TPSA) is 66.9 Å². The molecular formula is C18H13ClF2N4O. The lowest BCUT2D eigenvalue weighted by molar-refractivity contribution is 0.102. The second-order valence-electron chi connectivity index (χ2n) is 5.43. The SMILES string of the molecule is Cc1cc(Cl)ccc1NC(=O)c1ccnc(Nc2ccc(F)c(F)c2)n1. The van der Waals surface area contributed by atoms with Gasteiger partial charge in [-0.15, -0.1) is 0 Å². The van der Waals surface area contributed by atoms with Crippen LogP contribution in [0.15, 0.2) is 48.7 Å². The zero-order chi connectivity index (χ0) is 18.7. The molecule has 0 saturated heterocycles. The molecular weight excluding hydrogens is 362 g/mol. The van der Waals surface area contributed by atoms with Gasteiger partial charge in [-0.1, -0.05) is 11.6 Å². The van der Waals surface area contributed by atoms with E-state index in [0.717, 1.165) is 17.7 Å². The number of halogens is 3. The van der Waals surface area contributed by atoms with Crippen LogP contribution < -0.4 is 10.6 Å². The van der Waals surface area contributed by atoms with E-state index < -0.39 is 17.5 Å². The van der Waals surface area contributed by atoms with E-state index in [-0.39, 0.29) is 17.3 Å². The number of carbonyl (C=O) groups excluding carboxylic acids is 1. The fourth-order valence-corrected chi connectivity index (χ4v) is 2.43. The molecule has 2 aromatic carbocycles. The van der Waals surface area contributed by atoms with E-state index >= 15 is 0 Å². The van der Waals surface area contributed by atoms with E-state index in [4.69, 9.17) is 11.6 Å². The van der Waals surface area contributed by atoms with Crippen LogP contribution in [-0.4, -0.2) is 15.9 Å². The number of hydrogen-bond acceptors (Lipinski definition) is 4. The minimum Gasteiger partial charge on any atom is -0.324 e. The number of nitrogens with zero attached hydrogens (tertiary/aromatic N) is 2. The Morgan fingerprint density at radius 1 is 1.08 bits per heavy atom. The molecule has 0 atom stereocenters. The van der Waals surface area contributed by atoms with Crippen LogP contribution in [0.5, 0.6) is 0 Å². The number of aryl methyl sites for hydroxylation is 1. The highest BCUT2D eigenvalue weighted by Gasteiger charge is 2.11. The van der Waals surface area contributed by atoms with Crippen LogP contribution >= 0.6 is 11.6 Å². The average Bonchev–Trinajstić information content (AvgIpc) is 2.61. The summed E-state index contributed by atoms with van der Waals surface area (Å²) in [7, 11) is 0. The lowest BCUT2D eigenvalue weighted by Crippen LogP contribution is -2.15. The molecule has 1 heterocycles. The number of rotatable bonds is 4. The summed E-state index contributed by atoms with van der Waals surface area (Å²) in [4.78, 5) is 20.4. The first-order valence-electron chi connectivity index (χ1n) is 7.55. The highest BCUT2D eigenvalue weighted by molar-refractivity contribution is 6.30. The van der Waals surface area contributed by atoms with E-state index in [1.54, 1.807) is 18.2 Å². The summed E-state index contributed by atoms with van der Waals surface area (Å²) in [5.41, 5.74) is 1.78. The smallest absolute Gasteiger partial charge is 0.274 e. The first kappa shape index (κ1) is 17.8. The molecule has 0 aliphatic carbocycles. The fraction of sp³-hybridized carbons (Fsp3) is 0.0556. The van der Waals surface area contributed by atoms with Gasteiger partial charge in [0.15, 0.2) is 11.6 Å². The van der Waals surface area contributed by atoms with Crippen LogP contribution in [-0.2, 0) is 0 Å². The number of aromatic nitrogens is 2. The number of benzene rings is 2. The monoisotopic (exact) mass is 374 g/mol. The van der Waals surface area contributed by atoms with Gasteiger partial charge >= 0.3 is 0 Å². The van der Waals surface area contributed by atoms with Crippen molar-refractivity contribution in [1.82, 2.24) is 9.97 Å². The van der Waals surface area contributed by atoms with Gasteiger partial charge in [0.2, 0.25) is 5.95 Å². The van der Waals surface area contributed by atoms with Crippen LogP contribution in [0.3, 0.4) is 0 Å². The molecule has 1 aromatic heterocycles. The Bertz CT molecular complexity index is 981. The normalized spacial score (nSPS) is 10.5. The van der Waals surface area contributed by atoms with Crippen LogP contribution in [0.25, 0.3) is 0 Å². The fourth-order valence-electron chi connectivity index (χ4n) is 2.20. The number of amides is 1. The molecule has 5 nitrogen and oxygen atoms in total. The Morgan fingerprint density at radius 3 is 2.62 bits per heavy atom. The maximum Gasteiger partial charge on any atom is 0.274 e. The standard InChI is InChI=1S/C18H13ClF2N4O/c1-10-8-11(19)2-5-15(10)24-17(26)16-6-7-22-18(25-16)23-12-3-4-13(20)14(21)9-12/h2-9H,1H3,(H,24,26)(H,22,23,25). The molecule has 0 unspecified atom stereocenters. The Kier molecular flexibility index (Phi) is 5.09. The van der Waals surface area contributed by atoms with Gasteiger partial charge in [0.25, 0.3) is 5.91 Å². The highest BCUT2D eigenvalue weighted by atomic mass is 35.5. The lowest BCUT2D eigenvalue weighted by atomic mass is 10.2. The van der Waals surface area contributed by atoms with Gasteiger partial charge in [-0.25, -0.2) is 18.7 Å². The van der Waals surface area contributed by atoms with Gasteiger partial charge in [-0.2, -0.15) is 0 Å². The third-order valence-corrected chi connectivity index (χ3v) is 3.74. The molecule has 0 bridgehead atoms. The van der Waals surface area contributed by atoms with Crippen molar-refractivity contribution in [3.63, 3.8) is 0 Å². The summed E-state index contributed by atoms with van der Waals surface area (Å²) in [6, 6.07) is 9.83. The maximum absolute atomic E-state index is 13.3. The summed E-state index contributed by atoms with van der Waals surface area (Å²) < 4.78 is 26.2. The molecule has 0 fully saturated rings. The number of hydrogen-bond donors (Lipinski definition) is 2. The molecule has 26 heavy (non-hydrogen) atoms. The number of anilines is 3. The molecule has 3 aromatic rings. The predicted molar refractivity (Wildman–Crippen MR) is 95.8 cm³/mol. The van der Waals surface area contributed by atoms with Crippen molar-refractivity contribution in [2.45, 2.75) is 6.92 Å². The quantitative estimate of drug-likeness (QED) is 0.694. The second-order valence-corrected chi connectivity index (χ2v) is 5.87. The Hall–Kier alpha value is -3.06. The second kappa shape index (κ2) is 7.45.